The van der Waals surface area contributed by atoms with Gasteiger partial charge in [0.05, 0.1) is 5.69 Å². The van der Waals surface area contributed by atoms with E-state index in [1.165, 1.54) is 0 Å². The second kappa shape index (κ2) is 8.70. The number of pyridine rings is 1. The van der Waals surface area contributed by atoms with Gasteiger partial charge in [0, 0.05) is 17.3 Å². The van der Waals surface area contributed by atoms with E-state index in [-0.39, 0.29) is 5.91 Å². The summed E-state index contributed by atoms with van der Waals surface area (Å²) in [4.78, 5) is 17.9. The third kappa shape index (κ3) is 3.79. The number of amides is 1. The van der Waals surface area contributed by atoms with Crippen LogP contribution >= 0.6 is 0 Å². The third-order valence-electron chi connectivity index (χ3n) is 5.12. The second-order valence-electron chi connectivity index (χ2n) is 7.22. The molecule has 5 nitrogen and oxygen atoms in total. The van der Waals surface area contributed by atoms with Gasteiger partial charge >= 0.3 is 0 Å². The molecule has 1 N–H and O–H groups in total. The molecule has 0 radical (unpaired) electrons. The minimum atomic E-state index is -0.277. The first-order valence-corrected chi connectivity index (χ1v) is 10.3. The monoisotopic (exact) mass is 416 g/mol. The van der Waals surface area contributed by atoms with Crippen LogP contribution in [0.1, 0.15) is 10.5 Å². The summed E-state index contributed by atoms with van der Waals surface area (Å²) in [6.07, 6.45) is 1.65. The summed E-state index contributed by atoms with van der Waals surface area (Å²) in [6, 6.07) is 34.9. The lowest BCUT2D eigenvalue weighted by Crippen LogP contribution is -2.18. The van der Waals surface area contributed by atoms with Gasteiger partial charge < -0.3 is 5.32 Å². The van der Waals surface area contributed by atoms with Gasteiger partial charge in [-0.05, 0) is 29.8 Å². The summed E-state index contributed by atoms with van der Waals surface area (Å²) >= 11 is 0. The Kier molecular flexibility index (Phi) is 5.29. The molecule has 0 aliphatic carbocycles. The van der Waals surface area contributed by atoms with Gasteiger partial charge in [-0.1, -0.05) is 84.9 Å². The van der Waals surface area contributed by atoms with Crippen molar-refractivity contribution < 1.29 is 4.79 Å². The Morgan fingerprint density at radius 2 is 1.28 bits per heavy atom. The predicted molar refractivity (Wildman–Crippen MR) is 127 cm³/mol. The van der Waals surface area contributed by atoms with Crippen LogP contribution in [0.15, 0.2) is 115 Å². The smallest absolute Gasteiger partial charge is 0.276 e. The molecule has 5 aromatic rings. The summed E-state index contributed by atoms with van der Waals surface area (Å²) in [6.45, 7) is 0. The van der Waals surface area contributed by atoms with Gasteiger partial charge in [0.15, 0.2) is 0 Å². The van der Waals surface area contributed by atoms with E-state index in [4.69, 9.17) is 5.10 Å². The molecule has 0 aliphatic rings. The van der Waals surface area contributed by atoms with Crippen molar-refractivity contribution in [3.8, 4) is 28.1 Å². The number of hydrogen-bond acceptors (Lipinski definition) is 3. The molecule has 0 saturated heterocycles. The molecule has 1 amide bonds. The average molecular weight is 416 g/mol. The van der Waals surface area contributed by atoms with E-state index in [1.54, 1.807) is 16.9 Å². The molecule has 0 saturated carbocycles. The van der Waals surface area contributed by atoms with E-state index in [0.29, 0.717) is 11.5 Å². The fourth-order valence-electron chi connectivity index (χ4n) is 3.67. The Morgan fingerprint density at radius 3 is 1.91 bits per heavy atom. The quantitative estimate of drug-likeness (QED) is 0.391. The van der Waals surface area contributed by atoms with Crippen LogP contribution < -0.4 is 5.32 Å². The van der Waals surface area contributed by atoms with Gasteiger partial charge in [0.1, 0.15) is 17.2 Å². The lowest BCUT2D eigenvalue weighted by Gasteiger charge is -2.10. The zero-order chi connectivity index (χ0) is 21.8. The first-order valence-electron chi connectivity index (χ1n) is 10.3. The van der Waals surface area contributed by atoms with Crippen LogP contribution in [0.5, 0.6) is 0 Å². The van der Waals surface area contributed by atoms with Crippen LogP contribution in [0, 0.1) is 0 Å². The highest BCUT2D eigenvalue weighted by molar-refractivity contribution is 6.09. The number of anilines is 1. The van der Waals surface area contributed by atoms with Crippen LogP contribution in [0.2, 0.25) is 0 Å². The highest BCUT2D eigenvalue weighted by atomic mass is 16.2. The Hall–Kier alpha value is -4.51. The maximum atomic E-state index is 13.6. The standard InChI is InChI=1S/C27H20N4O/c32-27(29-23-18-10-11-19-28-23)26-24(20-12-4-1-5-13-20)25(21-14-6-2-7-15-21)30-31(26)22-16-8-3-9-17-22/h1-19H,(H,28,29,32). The Bertz CT molecular complexity index is 1330. The van der Waals surface area contributed by atoms with Gasteiger partial charge in [-0.3, -0.25) is 4.79 Å². The van der Waals surface area contributed by atoms with Crippen LogP contribution in [0.3, 0.4) is 0 Å². The number of benzene rings is 3. The molecule has 5 rings (SSSR count). The molecule has 0 fully saturated rings. The highest BCUT2D eigenvalue weighted by Crippen LogP contribution is 2.36. The van der Waals surface area contributed by atoms with E-state index in [9.17, 15) is 4.79 Å². The Balaban J connectivity index is 1.77. The minimum Gasteiger partial charge on any atom is -0.305 e. The van der Waals surface area contributed by atoms with Crippen molar-refractivity contribution in [2.24, 2.45) is 0 Å². The fourth-order valence-corrected chi connectivity index (χ4v) is 3.67. The SMILES string of the molecule is O=C(Nc1ccccn1)c1c(-c2ccccc2)c(-c2ccccc2)nn1-c1ccccc1. The van der Waals surface area contributed by atoms with Crippen molar-refractivity contribution in [3.05, 3.63) is 121 Å². The number of rotatable bonds is 5. The van der Waals surface area contributed by atoms with Gasteiger partial charge in [0.2, 0.25) is 0 Å². The van der Waals surface area contributed by atoms with Gasteiger partial charge in [0.25, 0.3) is 5.91 Å². The van der Waals surface area contributed by atoms with Gasteiger partial charge in [-0.15, -0.1) is 0 Å². The number of nitrogens with one attached hydrogen (secondary N) is 1. The Morgan fingerprint density at radius 1 is 0.688 bits per heavy atom. The molecular formula is C27H20N4O. The highest BCUT2D eigenvalue weighted by Gasteiger charge is 2.26. The molecule has 0 aliphatic heterocycles. The summed E-state index contributed by atoms with van der Waals surface area (Å²) in [5.41, 5.74) is 4.62. The fraction of sp³-hybridized carbons (Fsp3) is 0. The number of para-hydroxylation sites is 1. The van der Waals surface area contributed by atoms with Crippen molar-refractivity contribution in [1.29, 1.82) is 0 Å². The van der Waals surface area contributed by atoms with E-state index < -0.39 is 0 Å². The zero-order valence-electron chi connectivity index (χ0n) is 17.2. The molecule has 32 heavy (non-hydrogen) atoms. The van der Waals surface area contributed by atoms with Crippen LogP contribution in [-0.4, -0.2) is 20.7 Å². The van der Waals surface area contributed by atoms with Crippen LogP contribution in [0.4, 0.5) is 5.82 Å². The number of carbonyl (C=O) groups is 1. The predicted octanol–water partition coefficient (Wildman–Crippen LogP) is 5.85. The molecule has 5 heteroatoms. The van der Waals surface area contributed by atoms with E-state index in [1.807, 2.05) is 103 Å². The minimum absolute atomic E-state index is 0.277. The Labute approximate surface area is 186 Å². The summed E-state index contributed by atoms with van der Waals surface area (Å²) in [7, 11) is 0. The molecule has 0 atom stereocenters. The van der Waals surface area contributed by atoms with Crippen molar-refractivity contribution in [2.75, 3.05) is 5.32 Å². The van der Waals surface area contributed by atoms with Crippen LogP contribution in [0.25, 0.3) is 28.1 Å². The first-order chi connectivity index (χ1) is 15.8. The lowest BCUT2D eigenvalue weighted by molar-refractivity contribution is 0.102. The van der Waals surface area contributed by atoms with E-state index in [0.717, 1.165) is 28.1 Å². The molecular weight excluding hydrogens is 396 g/mol. The topological polar surface area (TPSA) is 59.8 Å². The molecule has 0 unspecified atom stereocenters. The average Bonchev–Trinajstić information content (AvgIpc) is 3.27. The second-order valence-corrected chi connectivity index (χ2v) is 7.22. The maximum Gasteiger partial charge on any atom is 0.276 e. The molecule has 2 heterocycles. The molecule has 2 aromatic heterocycles. The van der Waals surface area contributed by atoms with Crippen molar-refractivity contribution in [3.63, 3.8) is 0 Å². The van der Waals surface area contributed by atoms with Crippen molar-refractivity contribution >= 4 is 11.7 Å². The van der Waals surface area contributed by atoms with Crippen molar-refractivity contribution in [1.82, 2.24) is 14.8 Å². The van der Waals surface area contributed by atoms with Crippen molar-refractivity contribution in [2.45, 2.75) is 0 Å². The molecule has 0 spiro atoms. The number of aromatic nitrogens is 3. The summed E-state index contributed by atoms with van der Waals surface area (Å²) in [5, 5.41) is 7.86. The largest absolute Gasteiger partial charge is 0.305 e. The third-order valence-corrected chi connectivity index (χ3v) is 5.12. The van der Waals surface area contributed by atoms with Gasteiger partial charge in [-0.2, -0.15) is 5.10 Å². The first kappa shape index (κ1) is 19.5. The van der Waals surface area contributed by atoms with E-state index >= 15 is 0 Å². The molecule has 154 valence electrons. The summed E-state index contributed by atoms with van der Waals surface area (Å²) < 4.78 is 1.71. The summed E-state index contributed by atoms with van der Waals surface area (Å²) in [5.74, 6) is 0.208. The van der Waals surface area contributed by atoms with E-state index in [2.05, 4.69) is 10.3 Å². The van der Waals surface area contributed by atoms with Gasteiger partial charge in [-0.25, -0.2) is 9.67 Å². The molecule has 0 bridgehead atoms. The normalized spacial score (nSPS) is 10.6. The zero-order valence-corrected chi connectivity index (χ0v) is 17.2. The van der Waals surface area contributed by atoms with Crippen LogP contribution in [-0.2, 0) is 0 Å². The molecule has 3 aromatic carbocycles. The number of hydrogen-bond donors (Lipinski definition) is 1. The number of nitrogens with zero attached hydrogens (tertiary/aromatic N) is 3. The lowest BCUT2D eigenvalue weighted by atomic mass is 9.98. The number of carbonyl (C=O) groups excluding carboxylic acids is 1. The maximum absolute atomic E-state index is 13.6.